The second kappa shape index (κ2) is 3.65. The van der Waals surface area contributed by atoms with Gasteiger partial charge in [0.2, 0.25) is 11.6 Å². The molecule has 0 spiro atoms. The molecule has 0 unspecified atom stereocenters. The molecule has 82 valence electrons. The Kier molecular flexibility index (Phi) is 2.32. The molecule has 0 aliphatic rings. The third kappa shape index (κ3) is 1.60. The Balaban J connectivity index is 2.80. The maximum Gasteiger partial charge on any atom is 0.328 e. The highest BCUT2D eigenvalue weighted by Crippen LogP contribution is 2.17. The van der Waals surface area contributed by atoms with Crippen molar-refractivity contribution in [1.82, 2.24) is 9.97 Å². The lowest BCUT2D eigenvalue weighted by atomic mass is 10.2. The Labute approximate surface area is 89.8 Å². The molecule has 0 saturated carbocycles. The van der Waals surface area contributed by atoms with Gasteiger partial charge in [-0.2, -0.15) is 0 Å². The monoisotopic (exact) mass is 220 g/mol. The summed E-state index contributed by atoms with van der Waals surface area (Å²) in [6.45, 7) is 0. The van der Waals surface area contributed by atoms with E-state index in [1.54, 1.807) is 36.0 Å². The second-order valence-corrected chi connectivity index (χ2v) is 3.33. The van der Waals surface area contributed by atoms with Gasteiger partial charge in [-0.25, -0.2) is 9.36 Å². The molecular weight excluding hydrogens is 210 g/mol. The molecule has 3 N–H and O–H groups in total. The van der Waals surface area contributed by atoms with E-state index in [0.29, 0.717) is 5.69 Å². The fourth-order valence-electron chi connectivity index (χ4n) is 1.50. The highest BCUT2D eigenvalue weighted by atomic mass is 16.3. The van der Waals surface area contributed by atoms with Crippen molar-refractivity contribution in [1.29, 1.82) is 0 Å². The predicted molar refractivity (Wildman–Crippen MR) is 56.0 cm³/mol. The van der Waals surface area contributed by atoms with Crippen molar-refractivity contribution in [3.05, 3.63) is 45.2 Å². The predicted octanol–water partition coefficient (Wildman–Crippen LogP) is -0.740. The summed E-state index contributed by atoms with van der Waals surface area (Å²) < 4.78 is 1.67. The zero-order valence-electron chi connectivity index (χ0n) is 8.52. The summed E-state index contributed by atoms with van der Waals surface area (Å²) in [5.74, 6) is -0.435. The lowest BCUT2D eigenvalue weighted by Gasteiger charge is -2.00. The zero-order chi connectivity index (χ0) is 11.7. The van der Waals surface area contributed by atoms with Crippen LogP contribution in [0.5, 0.6) is 5.88 Å². The molecule has 0 aliphatic carbocycles. The number of aryl methyl sites for hydroxylation is 1. The van der Waals surface area contributed by atoms with Gasteiger partial charge in [-0.1, -0.05) is 0 Å². The molecule has 0 fully saturated rings. The largest absolute Gasteiger partial charge is 0.494 e. The van der Waals surface area contributed by atoms with Crippen molar-refractivity contribution in [2.24, 2.45) is 7.05 Å². The first kappa shape index (κ1) is 10.2. The van der Waals surface area contributed by atoms with Gasteiger partial charge >= 0.3 is 5.69 Å². The van der Waals surface area contributed by atoms with Gasteiger partial charge < -0.3 is 5.11 Å². The fraction of sp³-hybridized carbons (Fsp3) is 0.100. The van der Waals surface area contributed by atoms with Crippen LogP contribution in [-0.2, 0) is 7.05 Å². The Morgan fingerprint density at radius 1 is 1.25 bits per heavy atom. The van der Waals surface area contributed by atoms with Crippen molar-refractivity contribution >= 4 is 0 Å². The molecule has 0 bridgehead atoms. The van der Waals surface area contributed by atoms with E-state index >= 15 is 0 Å². The van der Waals surface area contributed by atoms with Crippen LogP contribution in [0.3, 0.4) is 0 Å². The number of rotatable bonds is 1. The lowest BCUT2D eigenvalue weighted by molar-refractivity contribution is -0.660. The standard InChI is InChI=1S/C10H9N3O3/c1-13-5-3-2-4-6(13)7-8(14)11-10(16)12-9(7)15/h2-5H,1H3,(H2,11,12,14,15,16)/p+1. The number of hydrogen-bond acceptors (Lipinski definition) is 3. The van der Waals surface area contributed by atoms with Crippen LogP contribution in [0.4, 0.5) is 0 Å². The van der Waals surface area contributed by atoms with Crippen LogP contribution in [0, 0.1) is 0 Å². The number of nitrogens with zero attached hydrogens (tertiary/aromatic N) is 1. The van der Waals surface area contributed by atoms with Gasteiger partial charge in [-0.15, -0.1) is 0 Å². The first-order valence-electron chi connectivity index (χ1n) is 4.60. The smallest absolute Gasteiger partial charge is 0.328 e. The third-order valence-electron chi connectivity index (χ3n) is 2.23. The van der Waals surface area contributed by atoms with E-state index < -0.39 is 17.1 Å². The summed E-state index contributed by atoms with van der Waals surface area (Å²) in [6, 6.07) is 5.20. The Bertz CT molecular complexity index is 642. The van der Waals surface area contributed by atoms with Gasteiger partial charge in [0, 0.05) is 12.1 Å². The van der Waals surface area contributed by atoms with Gasteiger partial charge in [-0.05, 0) is 6.07 Å². The third-order valence-corrected chi connectivity index (χ3v) is 2.23. The Morgan fingerprint density at radius 2 is 2.00 bits per heavy atom. The van der Waals surface area contributed by atoms with E-state index in [2.05, 4.69) is 9.97 Å². The van der Waals surface area contributed by atoms with E-state index in [4.69, 9.17) is 0 Å². The summed E-state index contributed by atoms with van der Waals surface area (Å²) in [5, 5.41) is 9.56. The van der Waals surface area contributed by atoms with Crippen LogP contribution in [0.2, 0.25) is 0 Å². The highest BCUT2D eigenvalue weighted by molar-refractivity contribution is 5.60. The number of pyridine rings is 1. The number of aromatic nitrogens is 3. The second-order valence-electron chi connectivity index (χ2n) is 3.33. The van der Waals surface area contributed by atoms with Crippen LogP contribution in [0.15, 0.2) is 34.0 Å². The van der Waals surface area contributed by atoms with Crippen LogP contribution in [0.25, 0.3) is 11.3 Å². The molecule has 6 heteroatoms. The van der Waals surface area contributed by atoms with Gasteiger partial charge in [-0.3, -0.25) is 14.8 Å². The molecule has 16 heavy (non-hydrogen) atoms. The maximum atomic E-state index is 11.6. The number of nitrogens with one attached hydrogen (secondary N) is 2. The molecule has 0 radical (unpaired) electrons. The van der Waals surface area contributed by atoms with E-state index in [1.807, 2.05) is 0 Å². The number of aromatic amines is 2. The summed E-state index contributed by atoms with van der Waals surface area (Å²) >= 11 is 0. The molecule has 6 nitrogen and oxygen atoms in total. The first-order valence-corrected chi connectivity index (χ1v) is 4.60. The van der Waals surface area contributed by atoms with Crippen LogP contribution >= 0.6 is 0 Å². The van der Waals surface area contributed by atoms with Gasteiger partial charge in [0.25, 0.3) is 5.56 Å². The van der Waals surface area contributed by atoms with E-state index in [1.165, 1.54) is 0 Å². The Hall–Kier alpha value is -2.37. The van der Waals surface area contributed by atoms with Crippen molar-refractivity contribution in [3.63, 3.8) is 0 Å². The Morgan fingerprint density at radius 3 is 2.62 bits per heavy atom. The molecule has 2 heterocycles. The summed E-state index contributed by atoms with van der Waals surface area (Å²) in [6.07, 6.45) is 1.74. The maximum absolute atomic E-state index is 11.6. The molecule has 0 aliphatic heterocycles. The summed E-state index contributed by atoms with van der Waals surface area (Å²) in [4.78, 5) is 26.7. The molecule has 0 aromatic carbocycles. The number of H-pyrrole nitrogens is 2. The van der Waals surface area contributed by atoms with E-state index in [0.717, 1.165) is 0 Å². The topological polar surface area (TPSA) is 89.8 Å². The van der Waals surface area contributed by atoms with Crippen molar-refractivity contribution in [2.45, 2.75) is 0 Å². The zero-order valence-corrected chi connectivity index (χ0v) is 8.52. The highest BCUT2D eigenvalue weighted by Gasteiger charge is 2.18. The van der Waals surface area contributed by atoms with Gasteiger partial charge in [0.1, 0.15) is 7.05 Å². The average molecular weight is 220 g/mol. The van der Waals surface area contributed by atoms with E-state index in [-0.39, 0.29) is 5.56 Å². The van der Waals surface area contributed by atoms with E-state index in [9.17, 15) is 14.7 Å². The van der Waals surface area contributed by atoms with Crippen molar-refractivity contribution in [2.75, 3.05) is 0 Å². The average Bonchev–Trinajstić information content (AvgIpc) is 2.19. The first-order chi connectivity index (χ1) is 7.59. The molecular formula is C10H10N3O3+. The lowest BCUT2D eigenvalue weighted by Crippen LogP contribution is -2.33. The number of hydrogen-bond donors (Lipinski definition) is 3. The van der Waals surface area contributed by atoms with Gasteiger partial charge in [0.15, 0.2) is 11.8 Å². The fourth-order valence-corrected chi connectivity index (χ4v) is 1.50. The van der Waals surface area contributed by atoms with Crippen LogP contribution in [-0.4, -0.2) is 15.1 Å². The quantitative estimate of drug-likeness (QED) is 0.553. The molecule has 0 amide bonds. The molecule has 2 aromatic rings. The normalized spacial score (nSPS) is 10.3. The summed E-state index contributed by atoms with van der Waals surface area (Å²) in [5.41, 5.74) is -0.798. The van der Waals surface area contributed by atoms with Crippen molar-refractivity contribution in [3.8, 4) is 17.1 Å². The summed E-state index contributed by atoms with van der Waals surface area (Å²) in [7, 11) is 1.74. The van der Waals surface area contributed by atoms with Gasteiger partial charge in [0.05, 0.1) is 0 Å². The molecule has 0 saturated heterocycles. The molecule has 0 atom stereocenters. The van der Waals surface area contributed by atoms with Crippen LogP contribution in [0.1, 0.15) is 0 Å². The number of aromatic hydroxyl groups is 1. The minimum absolute atomic E-state index is 0.0442. The minimum Gasteiger partial charge on any atom is -0.494 e. The van der Waals surface area contributed by atoms with Crippen LogP contribution < -0.4 is 15.8 Å². The molecule has 2 rings (SSSR count). The molecule has 2 aromatic heterocycles. The SMILES string of the molecule is C[n+]1ccccc1-c1c(O)[nH]c(=O)[nH]c1=O. The van der Waals surface area contributed by atoms with Crippen molar-refractivity contribution < 1.29 is 9.67 Å². The minimum atomic E-state index is -0.732.